The molecular formula is C14H21N3. The van der Waals surface area contributed by atoms with Gasteiger partial charge in [0.25, 0.3) is 0 Å². The Labute approximate surface area is 103 Å². The molecule has 2 fully saturated rings. The van der Waals surface area contributed by atoms with Crippen molar-refractivity contribution in [2.75, 3.05) is 37.7 Å². The average molecular weight is 231 g/mol. The maximum Gasteiger partial charge on any atom is 0.0711 e. The molecule has 1 aromatic rings. The molecule has 3 heteroatoms. The molecule has 0 aromatic heterocycles. The van der Waals surface area contributed by atoms with Gasteiger partial charge in [-0.25, -0.2) is 0 Å². The van der Waals surface area contributed by atoms with Gasteiger partial charge in [0.05, 0.1) is 6.67 Å². The van der Waals surface area contributed by atoms with E-state index in [0.29, 0.717) is 0 Å². The first-order valence-electron chi connectivity index (χ1n) is 6.68. The van der Waals surface area contributed by atoms with Crippen molar-refractivity contribution in [2.24, 2.45) is 0 Å². The minimum Gasteiger partial charge on any atom is -0.357 e. The van der Waals surface area contributed by atoms with Gasteiger partial charge in [0, 0.05) is 31.4 Å². The Morgan fingerprint density at radius 1 is 1.12 bits per heavy atom. The highest BCUT2D eigenvalue weighted by Crippen LogP contribution is 2.21. The molecule has 0 saturated carbocycles. The van der Waals surface area contributed by atoms with Gasteiger partial charge in [0.1, 0.15) is 0 Å². The Hall–Kier alpha value is -1.06. The SMILES string of the molecule is c1ccc(N2CCN(C3CCCNC3)C2)cc1. The summed E-state index contributed by atoms with van der Waals surface area (Å²) < 4.78 is 0. The summed E-state index contributed by atoms with van der Waals surface area (Å²) in [4.78, 5) is 5.10. The molecule has 2 heterocycles. The van der Waals surface area contributed by atoms with E-state index >= 15 is 0 Å². The van der Waals surface area contributed by atoms with E-state index in [9.17, 15) is 0 Å². The molecule has 3 rings (SSSR count). The summed E-state index contributed by atoms with van der Waals surface area (Å²) in [5, 5.41) is 3.51. The number of nitrogens with zero attached hydrogens (tertiary/aromatic N) is 2. The van der Waals surface area contributed by atoms with Crippen LogP contribution in [-0.4, -0.2) is 43.8 Å². The Morgan fingerprint density at radius 3 is 2.76 bits per heavy atom. The van der Waals surface area contributed by atoms with Gasteiger partial charge in [-0.3, -0.25) is 4.90 Å². The Kier molecular flexibility index (Phi) is 3.29. The molecule has 1 N–H and O–H groups in total. The zero-order chi connectivity index (χ0) is 11.5. The summed E-state index contributed by atoms with van der Waals surface area (Å²) in [5.74, 6) is 0. The summed E-state index contributed by atoms with van der Waals surface area (Å²) in [5.41, 5.74) is 1.36. The van der Waals surface area contributed by atoms with E-state index in [0.717, 1.165) is 12.7 Å². The van der Waals surface area contributed by atoms with Crippen LogP contribution in [0.1, 0.15) is 12.8 Å². The van der Waals surface area contributed by atoms with Crippen molar-refractivity contribution < 1.29 is 0 Å². The molecule has 0 spiro atoms. The monoisotopic (exact) mass is 231 g/mol. The number of rotatable bonds is 2. The number of hydrogen-bond acceptors (Lipinski definition) is 3. The van der Waals surface area contributed by atoms with Gasteiger partial charge in [-0.1, -0.05) is 18.2 Å². The number of anilines is 1. The first-order chi connectivity index (χ1) is 8.43. The van der Waals surface area contributed by atoms with Crippen molar-refractivity contribution >= 4 is 5.69 Å². The van der Waals surface area contributed by atoms with Gasteiger partial charge in [-0.15, -0.1) is 0 Å². The van der Waals surface area contributed by atoms with E-state index in [2.05, 4.69) is 45.4 Å². The van der Waals surface area contributed by atoms with Crippen molar-refractivity contribution in [3.05, 3.63) is 30.3 Å². The largest absolute Gasteiger partial charge is 0.357 e. The smallest absolute Gasteiger partial charge is 0.0711 e. The van der Waals surface area contributed by atoms with Gasteiger partial charge < -0.3 is 10.2 Å². The molecule has 1 atom stereocenters. The molecule has 3 nitrogen and oxygen atoms in total. The third-order valence-electron chi connectivity index (χ3n) is 3.92. The van der Waals surface area contributed by atoms with Crippen LogP contribution in [0.25, 0.3) is 0 Å². The van der Waals surface area contributed by atoms with E-state index < -0.39 is 0 Å². The normalized spacial score (nSPS) is 26.4. The number of benzene rings is 1. The standard InChI is InChI=1S/C14H21N3/c1-2-5-13(6-3-1)16-9-10-17(12-16)14-7-4-8-15-11-14/h1-3,5-6,14-15H,4,7-12H2. The molecule has 1 aromatic carbocycles. The molecule has 2 aliphatic heterocycles. The van der Waals surface area contributed by atoms with Crippen molar-refractivity contribution in [1.82, 2.24) is 10.2 Å². The fourth-order valence-corrected chi connectivity index (χ4v) is 2.90. The molecule has 0 amide bonds. The molecule has 92 valence electrons. The molecule has 2 aliphatic rings. The summed E-state index contributed by atoms with van der Waals surface area (Å²) in [6.07, 6.45) is 2.68. The first kappa shape index (κ1) is 11.1. The maximum absolute atomic E-state index is 3.51. The second kappa shape index (κ2) is 5.07. The molecule has 0 radical (unpaired) electrons. The van der Waals surface area contributed by atoms with E-state index in [-0.39, 0.29) is 0 Å². The zero-order valence-corrected chi connectivity index (χ0v) is 10.3. The summed E-state index contributed by atoms with van der Waals surface area (Å²) in [6, 6.07) is 11.5. The van der Waals surface area contributed by atoms with Gasteiger partial charge in [-0.2, -0.15) is 0 Å². The number of piperidine rings is 1. The van der Waals surface area contributed by atoms with Gasteiger partial charge >= 0.3 is 0 Å². The van der Waals surface area contributed by atoms with Crippen LogP contribution >= 0.6 is 0 Å². The second-order valence-electron chi connectivity index (χ2n) is 5.05. The lowest BCUT2D eigenvalue weighted by atomic mass is 10.1. The van der Waals surface area contributed by atoms with Crippen LogP contribution in [0.15, 0.2) is 30.3 Å². The van der Waals surface area contributed by atoms with Crippen LogP contribution in [-0.2, 0) is 0 Å². The fourth-order valence-electron chi connectivity index (χ4n) is 2.90. The van der Waals surface area contributed by atoms with Crippen LogP contribution in [0.2, 0.25) is 0 Å². The molecule has 2 saturated heterocycles. The second-order valence-corrected chi connectivity index (χ2v) is 5.05. The molecule has 17 heavy (non-hydrogen) atoms. The fraction of sp³-hybridized carbons (Fsp3) is 0.571. The Balaban J connectivity index is 1.61. The summed E-state index contributed by atoms with van der Waals surface area (Å²) in [6.45, 7) is 5.84. The minimum atomic E-state index is 0.748. The van der Waals surface area contributed by atoms with E-state index in [4.69, 9.17) is 0 Å². The van der Waals surface area contributed by atoms with Crippen LogP contribution in [0.4, 0.5) is 5.69 Å². The first-order valence-corrected chi connectivity index (χ1v) is 6.68. The van der Waals surface area contributed by atoms with Crippen molar-refractivity contribution in [1.29, 1.82) is 0 Å². The third kappa shape index (κ3) is 2.45. The van der Waals surface area contributed by atoms with Gasteiger partial charge in [0.2, 0.25) is 0 Å². The molecule has 0 aliphatic carbocycles. The number of para-hydroxylation sites is 1. The van der Waals surface area contributed by atoms with Crippen molar-refractivity contribution in [3.63, 3.8) is 0 Å². The Bertz CT molecular complexity index is 346. The molecule has 1 unspecified atom stereocenters. The molecular weight excluding hydrogens is 210 g/mol. The highest BCUT2D eigenvalue weighted by molar-refractivity contribution is 5.46. The van der Waals surface area contributed by atoms with E-state index in [1.54, 1.807) is 0 Å². The minimum absolute atomic E-state index is 0.748. The highest BCUT2D eigenvalue weighted by atomic mass is 15.4. The quantitative estimate of drug-likeness (QED) is 0.832. The summed E-state index contributed by atoms with van der Waals surface area (Å²) >= 11 is 0. The van der Waals surface area contributed by atoms with Gasteiger partial charge in [0.15, 0.2) is 0 Å². The zero-order valence-electron chi connectivity index (χ0n) is 10.3. The topological polar surface area (TPSA) is 18.5 Å². The third-order valence-corrected chi connectivity index (χ3v) is 3.92. The van der Waals surface area contributed by atoms with E-state index in [1.165, 1.54) is 44.7 Å². The Morgan fingerprint density at radius 2 is 2.00 bits per heavy atom. The average Bonchev–Trinajstić information content (AvgIpc) is 2.90. The predicted octanol–water partition coefficient (Wildman–Crippen LogP) is 1.52. The number of nitrogens with one attached hydrogen (secondary N) is 1. The van der Waals surface area contributed by atoms with Crippen molar-refractivity contribution in [3.8, 4) is 0 Å². The van der Waals surface area contributed by atoms with Crippen LogP contribution in [0.5, 0.6) is 0 Å². The maximum atomic E-state index is 3.51. The van der Waals surface area contributed by atoms with Crippen LogP contribution in [0, 0.1) is 0 Å². The van der Waals surface area contributed by atoms with Crippen LogP contribution in [0.3, 0.4) is 0 Å². The molecule has 0 bridgehead atoms. The summed E-state index contributed by atoms with van der Waals surface area (Å²) in [7, 11) is 0. The lowest BCUT2D eigenvalue weighted by Crippen LogP contribution is -2.45. The van der Waals surface area contributed by atoms with Crippen LogP contribution < -0.4 is 10.2 Å². The lowest BCUT2D eigenvalue weighted by Gasteiger charge is -2.31. The lowest BCUT2D eigenvalue weighted by molar-refractivity contribution is 0.204. The van der Waals surface area contributed by atoms with E-state index in [1.807, 2.05) is 0 Å². The number of hydrogen-bond donors (Lipinski definition) is 1. The van der Waals surface area contributed by atoms with Crippen molar-refractivity contribution in [2.45, 2.75) is 18.9 Å². The predicted molar refractivity (Wildman–Crippen MR) is 71.3 cm³/mol. The highest BCUT2D eigenvalue weighted by Gasteiger charge is 2.27. The van der Waals surface area contributed by atoms with Gasteiger partial charge in [-0.05, 0) is 31.5 Å².